The Bertz CT molecular complexity index is 1230. The van der Waals surface area contributed by atoms with Crippen molar-refractivity contribution in [3.8, 4) is 22.9 Å². The van der Waals surface area contributed by atoms with Crippen LogP contribution in [0.2, 0.25) is 0 Å². The molecule has 0 unspecified atom stereocenters. The van der Waals surface area contributed by atoms with E-state index in [1.165, 1.54) is 23.4 Å². The fourth-order valence-electron chi connectivity index (χ4n) is 3.06. The Labute approximate surface area is 172 Å². The number of carbonyl (C=O) groups excluding carboxylic acids is 1. The van der Waals surface area contributed by atoms with Crippen molar-refractivity contribution < 1.29 is 15.0 Å². The lowest BCUT2D eigenvalue weighted by Crippen LogP contribution is -2.17. The van der Waals surface area contributed by atoms with Gasteiger partial charge in [0.15, 0.2) is 11.5 Å². The van der Waals surface area contributed by atoms with Gasteiger partial charge in [0, 0.05) is 16.7 Å². The number of hydrogen-bond donors (Lipinski definition) is 4. The van der Waals surface area contributed by atoms with Gasteiger partial charge in [-0.25, -0.2) is 10.4 Å². The van der Waals surface area contributed by atoms with Gasteiger partial charge in [-0.2, -0.15) is 5.10 Å². The maximum Gasteiger partial charge on any atom is 0.271 e. The average Bonchev–Trinajstić information content (AvgIpc) is 3.14. The molecule has 7 heteroatoms. The van der Waals surface area contributed by atoms with E-state index in [0.29, 0.717) is 11.1 Å². The summed E-state index contributed by atoms with van der Waals surface area (Å²) in [6.07, 6.45) is 1.26. The summed E-state index contributed by atoms with van der Waals surface area (Å²) < 4.78 is 0. The Balaban J connectivity index is 1.48. The van der Waals surface area contributed by atoms with E-state index in [2.05, 4.69) is 46.5 Å². The normalized spacial score (nSPS) is 11.3. The summed E-state index contributed by atoms with van der Waals surface area (Å²) in [4.78, 5) is 20.2. The number of carbonyl (C=O) groups is 1. The number of nitrogens with zero attached hydrogens (tertiary/aromatic N) is 2. The second kappa shape index (κ2) is 7.71. The van der Waals surface area contributed by atoms with E-state index in [0.717, 1.165) is 22.4 Å². The number of benzene rings is 3. The molecule has 0 aliphatic carbocycles. The van der Waals surface area contributed by atoms with Gasteiger partial charge in [0.2, 0.25) is 0 Å². The molecule has 4 rings (SSSR count). The minimum atomic E-state index is -0.395. The van der Waals surface area contributed by atoms with Crippen LogP contribution in [0.15, 0.2) is 59.7 Å². The molecule has 0 saturated heterocycles. The van der Waals surface area contributed by atoms with E-state index < -0.39 is 5.91 Å². The van der Waals surface area contributed by atoms with Crippen LogP contribution in [-0.2, 0) is 0 Å². The summed E-state index contributed by atoms with van der Waals surface area (Å²) in [5, 5.41) is 23.0. The Morgan fingerprint density at radius 2 is 1.80 bits per heavy atom. The van der Waals surface area contributed by atoms with Gasteiger partial charge in [-0.1, -0.05) is 18.2 Å². The number of fused-ring (bicyclic) bond motifs is 1. The SMILES string of the molecule is Cc1cc2nc(-c3ccc(C(=O)N/N=C/c4cccc(O)c4O)cc3)[nH]c2cc1C. The van der Waals surface area contributed by atoms with Crippen LogP contribution in [0.1, 0.15) is 27.0 Å². The van der Waals surface area contributed by atoms with Crippen molar-refractivity contribution in [1.29, 1.82) is 0 Å². The lowest BCUT2D eigenvalue weighted by molar-refractivity contribution is 0.0955. The quantitative estimate of drug-likeness (QED) is 0.235. The zero-order valence-electron chi connectivity index (χ0n) is 16.5. The number of phenolic OH excluding ortho intramolecular Hbond substituents is 2. The second-order valence-corrected chi connectivity index (χ2v) is 7.03. The third-order valence-corrected chi connectivity index (χ3v) is 4.93. The molecule has 7 nitrogen and oxygen atoms in total. The van der Waals surface area contributed by atoms with Gasteiger partial charge in [0.25, 0.3) is 5.91 Å². The fourth-order valence-corrected chi connectivity index (χ4v) is 3.06. The van der Waals surface area contributed by atoms with Gasteiger partial charge in [-0.15, -0.1) is 0 Å². The van der Waals surface area contributed by atoms with Crippen LogP contribution >= 0.6 is 0 Å². The first-order valence-electron chi connectivity index (χ1n) is 9.34. The number of nitrogens with one attached hydrogen (secondary N) is 2. The highest BCUT2D eigenvalue weighted by atomic mass is 16.3. The highest BCUT2D eigenvalue weighted by Crippen LogP contribution is 2.26. The topological polar surface area (TPSA) is 111 Å². The summed E-state index contributed by atoms with van der Waals surface area (Å²) in [7, 11) is 0. The first-order valence-corrected chi connectivity index (χ1v) is 9.34. The fraction of sp³-hybridized carbons (Fsp3) is 0.0870. The molecule has 0 spiro atoms. The highest BCUT2D eigenvalue weighted by Gasteiger charge is 2.09. The van der Waals surface area contributed by atoms with E-state index in [9.17, 15) is 15.0 Å². The van der Waals surface area contributed by atoms with Gasteiger partial charge >= 0.3 is 0 Å². The van der Waals surface area contributed by atoms with E-state index in [4.69, 9.17) is 0 Å². The van der Waals surface area contributed by atoms with E-state index >= 15 is 0 Å². The van der Waals surface area contributed by atoms with Gasteiger partial charge in [0.1, 0.15) is 5.82 Å². The van der Waals surface area contributed by atoms with Crippen molar-refractivity contribution in [2.24, 2.45) is 5.10 Å². The van der Waals surface area contributed by atoms with Crippen molar-refractivity contribution in [3.05, 3.63) is 76.9 Å². The Morgan fingerprint density at radius 1 is 1.07 bits per heavy atom. The number of para-hydroxylation sites is 1. The molecular weight excluding hydrogens is 380 g/mol. The van der Waals surface area contributed by atoms with Gasteiger partial charge in [0.05, 0.1) is 17.2 Å². The number of aryl methyl sites for hydroxylation is 2. The molecule has 3 aromatic carbocycles. The van der Waals surface area contributed by atoms with Crippen molar-refractivity contribution in [1.82, 2.24) is 15.4 Å². The van der Waals surface area contributed by atoms with Crippen LogP contribution in [0.4, 0.5) is 0 Å². The molecule has 0 aliphatic rings. The molecule has 0 atom stereocenters. The van der Waals surface area contributed by atoms with E-state index in [1.807, 2.05) is 12.1 Å². The molecule has 1 aromatic heterocycles. The molecule has 0 radical (unpaired) electrons. The van der Waals surface area contributed by atoms with Crippen molar-refractivity contribution in [3.63, 3.8) is 0 Å². The van der Waals surface area contributed by atoms with Crippen molar-refractivity contribution in [2.45, 2.75) is 13.8 Å². The number of amides is 1. The molecule has 0 saturated carbocycles. The maximum atomic E-state index is 12.3. The first-order chi connectivity index (χ1) is 14.4. The number of phenols is 2. The van der Waals surface area contributed by atoms with E-state index in [-0.39, 0.29) is 11.5 Å². The van der Waals surface area contributed by atoms with Gasteiger partial charge < -0.3 is 15.2 Å². The minimum absolute atomic E-state index is 0.253. The van der Waals surface area contributed by atoms with E-state index in [1.54, 1.807) is 24.3 Å². The number of H-pyrrole nitrogens is 1. The maximum absolute atomic E-state index is 12.3. The average molecular weight is 400 g/mol. The van der Waals surface area contributed by atoms with Gasteiger partial charge in [-0.05, 0) is 61.4 Å². The number of hydrazone groups is 1. The van der Waals surface area contributed by atoms with Crippen molar-refractivity contribution in [2.75, 3.05) is 0 Å². The third kappa shape index (κ3) is 3.73. The summed E-state index contributed by atoms with van der Waals surface area (Å²) in [6.45, 7) is 4.12. The predicted octanol–water partition coefficient (Wildman–Crippen LogP) is 4.02. The molecule has 30 heavy (non-hydrogen) atoms. The zero-order valence-corrected chi connectivity index (χ0v) is 16.5. The third-order valence-electron chi connectivity index (χ3n) is 4.93. The zero-order chi connectivity index (χ0) is 21.3. The standard InChI is InChI=1S/C23H20N4O3/c1-13-10-18-19(11-14(13)2)26-22(25-18)15-6-8-16(9-7-15)23(30)27-24-12-17-4-3-5-20(28)21(17)29/h3-12,28-29H,1-2H3,(H,25,26)(H,27,30)/b24-12+. The number of hydrogen-bond acceptors (Lipinski definition) is 5. The van der Waals surface area contributed by atoms with Crippen LogP contribution in [0.3, 0.4) is 0 Å². The Morgan fingerprint density at radius 3 is 2.57 bits per heavy atom. The van der Waals surface area contributed by atoms with Crippen LogP contribution in [0.25, 0.3) is 22.4 Å². The first kappa shape index (κ1) is 19.2. The molecule has 0 bridgehead atoms. The molecule has 0 aliphatic heterocycles. The lowest BCUT2D eigenvalue weighted by atomic mass is 10.1. The van der Waals surface area contributed by atoms with Crippen molar-refractivity contribution >= 4 is 23.2 Å². The van der Waals surface area contributed by atoms with Crippen LogP contribution in [-0.4, -0.2) is 32.3 Å². The minimum Gasteiger partial charge on any atom is -0.504 e. The molecule has 1 heterocycles. The molecule has 150 valence electrons. The molecule has 4 N–H and O–H groups in total. The molecular formula is C23H20N4O3. The van der Waals surface area contributed by atoms with Crippen LogP contribution in [0.5, 0.6) is 11.5 Å². The molecule has 0 fully saturated rings. The summed E-state index contributed by atoms with van der Waals surface area (Å²) in [5.74, 6) is -0.208. The largest absolute Gasteiger partial charge is 0.504 e. The predicted molar refractivity (Wildman–Crippen MR) is 116 cm³/mol. The molecule has 4 aromatic rings. The summed E-state index contributed by atoms with van der Waals surface area (Å²) >= 11 is 0. The monoisotopic (exact) mass is 400 g/mol. The Hall–Kier alpha value is -4.13. The number of imidazole rings is 1. The molecule has 1 amide bonds. The second-order valence-electron chi connectivity index (χ2n) is 7.03. The number of aromatic amines is 1. The lowest BCUT2D eigenvalue weighted by Gasteiger charge is -2.03. The van der Waals surface area contributed by atoms with Gasteiger partial charge in [-0.3, -0.25) is 4.79 Å². The van der Waals surface area contributed by atoms with Crippen LogP contribution < -0.4 is 5.43 Å². The summed E-state index contributed by atoms with van der Waals surface area (Å²) in [6, 6.07) is 15.6. The smallest absolute Gasteiger partial charge is 0.271 e. The highest BCUT2D eigenvalue weighted by molar-refractivity contribution is 5.95. The number of aromatic nitrogens is 2. The number of rotatable bonds is 4. The number of aromatic hydroxyl groups is 2. The van der Waals surface area contributed by atoms with Crippen LogP contribution in [0, 0.1) is 13.8 Å². The summed E-state index contributed by atoms with van der Waals surface area (Å²) in [5.41, 5.74) is 8.25. The Kier molecular flexibility index (Phi) is 4.93.